The van der Waals surface area contributed by atoms with Crippen LogP contribution >= 0.6 is 0 Å². The third kappa shape index (κ3) is 6.37. The fourth-order valence-corrected chi connectivity index (χ4v) is 1.77. The van der Waals surface area contributed by atoms with Gasteiger partial charge in [0.15, 0.2) is 0 Å². The largest absolute Gasteiger partial charge is 0.467 e. The second kappa shape index (κ2) is 9.45. The van der Waals surface area contributed by atoms with Crippen LogP contribution in [0.25, 0.3) is 0 Å². The molecular formula is C16H22N2O5. The molecule has 23 heavy (non-hydrogen) atoms. The summed E-state index contributed by atoms with van der Waals surface area (Å²) in [6, 6.07) is 7.61. The first-order valence-corrected chi connectivity index (χ1v) is 7.33. The first kappa shape index (κ1) is 18.5. The third-order valence-electron chi connectivity index (χ3n) is 3.15. The van der Waals surface area contributed by atoms with Gasteiger partial charge in [0.05, 0.1) is 7.11 Å². The zero-order valence-electron chi connectivity index (χ0n) is 13.5. The number of rotatable bonds is 7. The van der Waals surface area contributed by atoms with Gasteiger partial charge in [-0.1, -0.05) is 37.3 Å². The van der Waals surface area contributed by atoms with E-state index in [0.29, 0.717) is 6.42 Å². The summed E-state index contributed by atoms with van der Waals surface area (Å²) in [5, 5.41) is 4.92. The summed E-state index contributed by atoms with van der Waals surface area (Å²) in [5.41, 5.74) is 0.844. The molecule has 0 aromatic heterocycles. The first-order valence-electron chi connectivity index (χ1n) is 7.33. The number of carbonyl (C=O) groups is 3. The van der Waals surface area contributed by atoms with Crippen molar-refractivity contribution >= 4 is 18.0 Å². The van der Waals surface area contributed by atoms with Gasteiger partial charge in [0.25, 0.3) is 0 Å². The van der Waals surface area contributed by atoms with Crippen molar-refractivity contribution in [1.82, 2.24) is 10.6 Å². The highest BCUT2D eigenvalue weighted by Crippen LogP contribution is 2.01. The van der Waals surface area contributed by atoms with E-state index in [9.17, 15) is 14.4 Å². The summed E-state index contributed by atoms with van der Waals surface area (Å²) in [6.45, 7) is 3.36. The van der Waals surface area contributed by atoms with Crippen LogP contribution in [0.4, 0.5) is 4.79 Å². The Morgan fingerprint density at radius 3 is 2.35 bits per heavy atom. The van der Waals surface area contributed by atoms with Crippen molar-refractivity contribution in [2.24, 2.45) is 0 Å². The van der Waals surface area contributed by atoms with Crippen molar-refractivity contribution in [3.05, 3.63) is 35.9 Å². The van der Waals surface area contributed by atoms with Crippen LogP contribution in [-0.4, -0.2) is 37.2 Å². The molecule has 2 N–H and O–H groups in total. The average Bonchev–Trinajstić information content (AvgIpc) is 2.57. The van der Waals surface area contributed by atoms with Gasteiger partial charge in [-0.2, -0.15) is 0 Å². The molecule has 0 saturated carbocycles. The van der Waals surface area contributed by atoms with Crippen molar-refractivity contribution in [2.75, 3.05) is 7.11 Å². The van der Waals surface area contributed by atoms with Crippen molar-refractivity contribution in [3.8, 4) is 0 Å². The molecule has 0 bridgehead atoms. The summed E-state index contributed by atoms with van der Waals surface area (Å²) < 4.78 is 9.61. The second-order valence-corrected chi connectivity index (χ2v) is 4.92. The van der Waals surface area contributed by atoms with Crippen molar-refractivity contribution in [3.63, 3.8) is 0 Å². The number of nitrogens with one attached hydrogen (secondary N) is 2. The number of hydrogen-bond donors (Lipinski definition) is 2. The van der Waals surface area contributed by atoms with Crippen LogP contribution in [0, 0.1) is 0 Å². The van der Waals surface area contributed by atoms with Gasteiger partial charge in [0.1, 0.15) is 18.7 Å². The second-order valence-electron chi connectivity index (χ2n) is 4.92. The number of methoxy groups -OCH3 is 1. The molecule has 1 rings (SSSR count). The average molecular weight is 322 g/mol. The number of ether oxygens (including phenoxy) is 2. The fraction of sp³-hybridized carbons (Fsp3) is 0.438. The molecule has 0 spiro atoms. The predicted octanol–water partition coefficient (Wildman–Crippen LogP) is 1.37. The minimum absolute atomic E-state index is 0.112. The van der Waals surface area contributed by atoms with Crippen LogP contribution < -0.4 is 10.6 Å². The van der Waals surface area contributed by atoms with Crippen LogP contribution in [0.1, 0.15) is 25.8 Å². The van der Waals surface area contributed by atoms with E-state index < -0.39 is 30.1 Å². The summed E-state index contributed by atoms with van der Waals surface area (Å²) in [5.74, 6) is -1.02. The Labute approximate surface area is 135 Å². The van der Waals surface area contributed by atoms with Crippen molar-refractivity contribution < 1.29 is 23.9 Å². The Bertz CT molecular complexity index is 533. The molecule has 0 heterocycles. The van der Waals surface area contributed by atoms with E-state index in [1.807, 2.05) is 30.3 Å². The number of amides is 2. The molecule has 0 saturated heterocycles. The number of alkyl carbamates (subject to hydrolysis) is 1. The number of esters is 1. The van der Waals surface area contributed by atoms with Crippen LogP contribution in [0.2, 0.25) is 0 Å². The normalized spacial score (nSPS) is 12.7. The Morgan fingerprint density at radius 1 is 1.13 bits per heavy atom. The molecule has 7 nitrogen and oxygen atoms in total. The molecule has 0 aliphatic heterocycles. The molecule has 0 fully saturated rings. The Kier molecular flexibility index (Phi) is 7.59. The molecule has 0 unspecified atom stereocenters. The summed E-state index contributed by atoms with van der Waals surface area (Å²) >= 11 is 0. The third-order valence-corrected chi connectivity index (χ3v) is 3.15. The highest BCUT2D eigenvalue weighted by Gasteiger charge is 2.23. The van der Waals surface area contributed by atoms with Gasteiger partial charge in [-0.05, 0) is 18.9 Å². The molecule has 1 aromatic rings. The monoisotopic (exact) mass is 322 g/mol. The molecule has 0 aliphatic carbocycles. The maximum atomic E-state index is 12.0. The molecule has 2 amide bonds. The Morgan fingerprint density at radius 2 is 1.78 bits per heavy atom. The van der Waals surface area contributed by atoms with E-state index in [2.05, 4.69) is 15.4 Å². The summed E-state index contributed by atoms with van der Waals surface area (Å²) in [7, 11) is 1.25. The lowest BCUT2D eigenvalue weighted by Crippen LogP contribution is -2.50. The Hall–Kier alpha value is -2.57. The quantitative estimate of drug-likeness (QED) is 0.740. The summed E-state index contributed by atoms with van der Waals surface area (Å²) in [4.78, 5) is 35.1. The van der Waals surface area contributed by atoms with E-state index in [-0.39, 0.29) is 6.61 Å². The summed E-state index contributed by atoms with van der Waals surface area (Å²) in [6.07, 6.45) is -0.313. The Balaban J connectivity index is 2.41. The number of hydrogen-bond acceptors (Lipinski definition) is 5. The first-order chi connectivity index (χ1) is 11.0. The van der Waals surface area contributed by atoms with Gasteiger partial charge in [0.2, 0.25) is 5.91 Å². The lowest BCUT2D eigenvalue weighted by atomic mass is 10.2. The van der Waals surface area contributed by atoms with Crippen molar-refractivity contribution in [1.29, 1.82) is 0 Å². The van der Waals surface area contributed by atoms with Gasteiger partial charge in [0, 0.05) is 0 Å². The van der Waals surface area contributed by atoms with E-state index in [1.54, 1.807) is 6.92 Å². The molecule has 0 aliphatic rings. The van der Waals surface area contributed by atoms with Crippen LogP contribution in [0.3, 0.4) is 0 Å². The van der Waals surface area contributed by atoms with Crippen LogP contribution in [-0.2, 0) is 25.7 Å². The molecule has 1 aromatic carbocycles. The topological polar surface area (TPSA) is 93.7 Å². The van der Waals surface area contributed by atoms with E-state index >= 15 is 0 Å². The predicted molar refractivity (Wildman–Crippen MR) is 83.5 cm³/mol. The van der Waals surface area contributed by atoms with Gasteiger partial charge >= 0.3 is 12.1 Å². The smallest absolute Gasteiger partial charge is 0.408 e. The SMILES string of the molecule is CC[C@@H](NC(=O)[C@H](C)NC(=O)OCc1ccccc1)C(=O)OC. The highest BCUT2D eigenvalue weighted by molar-refractivity contribution is 5.89. The zero-order valence-corrected chi connectivity index (χ0v) is 13.5. The van der Waals surface area contributed by atoms with Gasteiger partial charge < -0.3 is 20.1 Å². The molecule has 2 atom stereocenters. The standard InChI is InChI=1S/C16H22N2O5/c1-4-13(15(20)22-3)18-14(19)11(2)17-16(21)23-10-12-8-6-5-7-9-12/h5-9,11,13H,4,10H2,1-3H3,(H,17,21)(H,18,19)/t11-,13+/m0/s1. The van der Waals surface area contributed by atoms with E-state index in [4.69, 9.17) is 4.74 Å². The molecule has 0 radical (unpaired) electrons. The van der Waals surface area contributed by atoms with Gasteiger partial charge in [-0.15, -0.1) is 0 Å². The molecule has 126 valence electrons. The lowest BCUT2D eigenvalue weighted by Gasteiger charge is -2.18. The zero-order chi connectivity index (χ0) is 17.2. The maximum Gasteiger partial charge on any atom is 0.408 e. The number of benzene rings is 1. The van der Waals surface area contributed by atoms with Crippen LogP contribution in [0.15, 0.2) is 30.3 Å². The minimum atomic E-state index is -0.836. The van der Waals surface area contributed by atoms with Crippen molar-refractivity contribution in [2.45, 2.75) is 39.0 Å². The highest BCUT2D eigenvalue weighted by atomic mass is 16.5. The van der Waals surface area contributed by atoms with Crippen LogP contribution in [0.5, 0.6) is 0 Å². The molecule has 7 heteroatoms. The number of carbonyl (C=O) groups excluding carboxylic acids is 3. The van der Waals surface area contributed by atoms with E-state index in [1.165, 1.54) is 14.0 Å². The fourth-order valence-electron chi connectivity index (χ4n) is 1.77. The lowest BCUT2D eigenvalue weighted by molar-refractivity contribution is -0.145. The van der Waals surface area contributed by atoms with E-state index in [0.717, 1.165) is 5.56 Å². The van der Waals surface area contributed by atoms with Gasteiger partial charge in [-0.3, -0.25) is 4.79 Å². The minimum Gasteiger partial charge on any atom is -0.467 e. The maximum absolute atomic E-state index is 12.0. The van der Waals surface area contributed by atoms with Gasteiger partial charge in [-0.25, -0.2) is 9.59 Å². The molecular weight excluding hydrogens is 300 g/mol.